The lowest BCUT2D eigenvalue weighted by Gasteiger charge is -2.20. The molecule has 1 aromatic heterocycles. The van der Waals surface area contributed by atoms with Gasteiger partial charge in [-0.15, -0.1) is 0 Å². The van der Waals surface area contributed by atoms with E-state index in [1.807, 2.05) is 10.8 Å². The lowest BCUT2D eigenvalue weighted by Crippen LogP contribution is -2.44. The van der Waals surface area contributed by atoms with E-state index in [9.17, 15) is 14.4 Å². The predicted molar refractivity (Wildman–Crippen MR) is 83.9 cm³/mol. The number of carbonyl (C=O) groups excluding carboxylic acids is 3. The molecular weight excluding hydrogens is 318 g/mol. The zero-order valence-corrected chi connectivity index (χ0v) is 13.6. The molecule has 0 saturated carbocycles. The fourth-order valence-corrected chi connectivity index (χ4v) is 3.58. The molecule has 3 rings (SSSR count). The Morgan fingerprint density at radius 1 is 1.57 bits per heavy atom. The molecule has 2 aliphatic heterocycles. The van der Waals surface area contributed by atoms with Gasteiger partial charge in [-0.1, -0.05) is 0 Å². The summed E-state index contributed by atoms with van der Waals surface area (Å²) in [4.78, 5) is 37.6. The van der Waals surface area contributed by atoms with E-state index in [1.165, 1.54) is 11.3 Å². The van der Waals surface area contributed by atoms with Gasteiger partial charge in [0.15, 0.2) is 0 Å². The van der Waals surface area contributed by atoms with Crippen LogP contribution in [0.15, 0.2) is 16.8 Å². The van der Waals surface area contributed by atoms with Crippen molar-refractivity contribution < 1.29 is 19.1 Å². The monoisotopic (exact) mass is 337 g/mol. The maximum Gasteiger partial charge on any atom is 0.325 e. The molecule has 0 aliphatic carbocycles. The van der Waals surface area contributed by atoms with Crippen molar-refractivity contribution in [2.75, 3.05) is 19.7 Å². The molecule has 0 spiro atoms. The van der Waals surface area contributed by atoms with Crippen molar-refractivity contribution in [3.63, 3.8) is 0 Å². The lowest BCUT2D eigenvalue weighted by molar-refractivity contribution is -0.134. The molecule has 1 aromatic rings. The summed E-state index contributed by atoms with van der Waals surface area (Å²) in [6, 6.07) is 1.25. The van der Waals surface area contributed by atoms with Crippen LogP contribution in [0.2, 0.25) is 0 Å². The highest BCUT2D eigenvalue weighted by Crippen LogP contribution is 2.29. The summed E-state index contributed by atoms with van der Waals surface area (Å²) in [5.41, 5.74) is -0.380. The van der Waals surface area contributed by atoms with Crippen LogP contribution in [-0.2, 0) is 19.9 Å². The summed E-state index contributed by atoms with van der Waals surface area (Å²) in [6.45, 7) is 2.49. The Labute approximate surface area is 138 Å². The van der Waals surface area contributed by atoms with Crippen LogP contribution >= 0.6 is 11.3 Å². The van der Waals surface area contributed by atoms with Gasteiger partial charge in [-0.3, -0.25) is 14.5 Å². The average molecular weight is 337 g/mol. The van der Waals surface area contributed by atoms with Gasteiger partial charge in [-0.2, -0.15) is 11.3 Å². The van der Waals surface area contributed by atoms with Crippen LogP contribution < -0.4 is 10.6 Å². The highest BCUT2D eigenvalue weighted by molar-refractivity contribution is 7.08. The van der Waals surface area contributed by atoms with Gasteiger partial charge in [0.25, 0.3) is 5.91 Å². The number of carbonyl (C=O) groups is 3. The standard InChI is InChI=1S/C15H19N3O4S/c1-15(10-4-6-23-9-10)13(20)18(14(21)17-15)8-12(19)16-7-11-3-2-5-22-11/h4,6,9,11H,2-3,5,7-8H2,1H3,(H,16,19)(H,17,21)/t11-,15+/m1/s1. The summed E-state index contributed by atoms with van der Waals surface area (Å²) in [5, 5.41) is 9.06. The molecule has 0 aromatic carbocycles. The summed E-state index contributed by atoms with van der Waals surface area (Å²) >= 11 is 1.45. The fourth-order valence-electron chi connectivity index (χ4n) is 2.82. The topological polar surface area (TPSA) is 87.7 Å². The molecule has 0 unspecified atom stereocenters. The minimum absolute atomic E-state index is 0.0260. The van der Waals surface area contributed by atoms with Crippen molar-refractivity contribution in [1.29, 1.82) is 0 Å². The van der Waals surface area contributed by atoms with Crippen LogP contribution in [0.1, 0.15) is 25.3 Å². The van der Waals surface area contributed by atoms with Crippen molar-refractivity contribution in [2.45, 2.75) is 31.4 Å². The van der Waals surface area contributed by atoms with E-state index in [0.717, 1.165) is 23.3 Å². The molecule has 2 N–H and O–H groups in total. The second-order valence-corrected chi connectivity index (χ2v) is 6.68. The SMILES string of the molecule is C[C@@]1(c2ccsc2)NC(=O)N(CC(=O)NC[C@H]2CCCO2)C1=O. The van der Waals surface area contributed by atoms with Gasteiger partial charge < -0.3 is 15.4 Å². The maximum atomic E-state index is 12.6. The maximum absolute atomic E-state index is 12.6. The van der Waals surface area contributed by atoms with E-state index in [2.05, 4.69) is 10.6 Å². The van der Waals surface area contributed by atoms with E-state index in [1.54, 1.807) is 13.0 Å². The van der Waals surface area contributed by atoms with E-state index in [-0.39, 0.29) is 18.6 Å². The zero-order valence-electron chi connectivity index (χ0n) is 12.8. The van der Waals surface area contributed by atoms with Gasteiger partial charge in [0.05, 0.1) is 6.10 Å². The molecule has 0 radical (unpaired) electrons. The number of rotatable bonds is 5. The second-order valence-electron chi connectivity index (χ2n) is 5.90. The Balaban J connectivity index is 1.60. The van der Waals surface area contributed by atoms with Crippen molar-refractivity contribution in [3.8, 4) is 0 Å². The summed E-state index contributed by atoms with van der Waals surface area (Å²) in [7, 11) is 0. The number of nitrogens with zero attached hydrogens (tertiary/aromatic N) is 1. The van der Waals surface area contributed by atoms with Crippen LogP contribution in [0.5, 0.6) is 0 Å². The molecule has 23 heavy (non-hydrogen) atoms. The largest absolute Gasteiger partial charge is 0.376 e. The molecule has 8 heteroatoms. The van der Waals surface area contributed by atoms with E-state index in [0.29, 0.717) is 13.2 Å². The summed E-state index contributed by atoms with van der Waals surface area (Å²) in [6.07, 6.45) is 1.93. The first-order chi connectivity index (χ1) is 11.0. The van der Waals surface area contributed by atoms with Gasteiger partial charge in [-0.05, 0) is 42.2 Å². The van der Waals surface area contributed by atoms with Crippen molar-refractivity contribution >= 4 is 29.2 Å². The normalized spacial score (nSPS) is 27.3. The van der Waals surface area contributed by atoms with Gasteiger partial charge in [0, 0.05) is 13.2 Å². The Hall–Kier alpha value is -1.93. The van der Waals surface area contributed by atoms with E-state index < -0.39 is 17.5 Å². The highest BCUT2D eigenvalue weighted by atomic mass is 32.1. The fraction of sp³-hybridized carbons (Fsp3) is 0.533. The van der Waals surface area contributed by atoms with Crippen LogP contribution in [0.4, 0.5) is 4.79 Å². The number of nitrogens with one attached hydrogen (secondary N) is 2. The molecule has 2 fully saturated rings. The molecule has 2 aliphatic rings. The molecular formula is C15H19N3O4S. The van der Waals surface area contributed by atoms with Crippen LogP contribution in [0, 0.1) is 0 Å². The number of thiophene rings is 1. The molecule has 7 nitrogen and oxygen atoms in total. The number of hydrogen-bond donors (Lipinski definition) is 2. The second kappa shape index (κ2) is 6.29. The Bertz CT molecular complexity index is 612. The Morgan fingerprint density at radius 2 is 2.39 bits per heavy atom. The molecule has 124 valence electrons. The number of urea groups is 1. The van der Waals surface area contributed by atoms with Crippen LogP contribution in [-0.4, -0.2) is 48.5 Å². The summed E-state index contributed by atoms with van der Waals surface area (Å²) in [5.74, 6) is -0.772. The van der Waals surface area contributed by atoms with Crippen molar-refractivity contribution in [2.24, 2.45) is 0 Å². The van der Waals surface area contributed by atoms with E-state index >= 15 is 0 Å². The summed E-state index contributed by atoms with van der Waals surface area (Å²) < 4.78 is 5.42. The molecule has 2 atom stereocenters. The predicted octanol–water partition coefficient (Wildman–Crippen LogP) is 0.810. The number of imide groups is 1. The quantitative estimate of drug-likeness (QED) is 0.779. The average Bonchev–Trinajstić information content (AvgIpc) is 3.25. The number of hydrogen-bond acceptors (Lipinski definition) is 5. The van der Waals surface area contributed by atoms with Gasteiger partial charge in [0.2, 0.25) is 5.91 Å². The van der Waals surface area contributed by atoms with Crippen LogP contribution in [0.3, 0.4) is 0 Å². The molecule has 2 saturated heterocycles. The minimum Gasteiger partial charge on any atom is -0.376 e. The molecule has 0 bridgehead atoms. The lowest BCUT2D eigenvalue weighted by atomic mass is 9.95. The minimum atomic E-state index is -1.11. The van der Waals surface area contributed by atoms with Crippen LogP contribution in [0.25, 0.3) is 0 Å². The van der Waals surface area contributed by atoms with Gasteiger partial charge in [-0.25, -0.2) is 4.79 Å². The first-order valence-electron chi connectivity index (χ1n) is 7.56. The zero-order chi connectivity index (χ0) is 16.4. The highest BCUT2D eigenvalue weighted by Gasteiger charge is 2.49. The van der Waals surface area contributed by atoms with Crippen molar-refractivity contribution in [1.82, 2.24) is 15.5 Å². The Kier molecular flexibility index (Phi) is 4.36. The third kappa shape index (κ3) is 3.09. The number of amides is 4. The van der Waals surface area contributed by atoms with Crippen molar-refractivity contribution in [3.05, 3.63) is 22.4 Å². The van der Waals surface area contributed by atoms with E-state index in [4.69, 9.17) is 4.74 Å². The molecule has 4 amide bonds. The third-order valence-electron chi connectivity index (χ3n) is 4.23. The molecule has 3 heterocycles. The Morgan fingerprint density at radius 3 is 3.04 bits per heavy atom. The first-order valence-corrected chi connectivity index (χ1v) is 8.50. The third-order valence-corrected chi connectivity index (χ3v) is 4.91. The smallest absolute Gasteiger partial charge is 0.325 e. The number of ether oxygens (including phenoxy) is 1. The van der Waals surface area contributed by atoms with Gasteiger partial charge >= 0.3 is 6.03 Å². The first kappa shape index (κ1) is 15.9. The van der Waals surface area contributed by atoms with Gasteiger partial charge in [0.1, 0.15) is 12.1 Å².